The maximum Gasteiger partial charge on any atom is 0.311 e. The largest absolute Gasteiger partial charge is 0.394 e. The zero-order valence-corrected chi connectivity index (χ0v) is 28.1. The first kappa shape index (κ1) is 36.0. The second kappa shape index (κ2) is 12.8. The van der Waals surface area contributed by atoms with E-state index in [1.165, 1.54) is 12.7 Å². The van der Waals surface area contributed by atoms with Gasteiger partial charge in [0.25, 0.3) is 0 Å². The first-order valence-corrected chi connectivity index (χ1v) is 17.4. The number of aliphatic hydroxyl groups excluding tert-OH is 6. The lowest BCUT2D eigenvalue weighted by molar-refractivity contribution is -0.473. The molecule has 2 aliphatic heterocycles. The fourth-order valence-electron chi connectivity index (χ4n) is 10.7. The third-order valence-corrected chi connectivity index (χ3v) is 13.5. The molecule has 47 heavy (non-hydrogen) atoms. The van der Waals surface area contributed by atoms with E-state index in [4.69, 9.17) is 23.7 Å². The summed E-state index contributed by atoms with van der Waals surface area (Å²) < 4.78 is 29.0. The van der Waals surface area contributed by atoms with Crippen molar-refractivity contribution in [3.05, 3.63) is 11.6 Å². The average Bonchev–Trinajstić information content (AvgIpc) is 3.32. The summed E-state index contributed by atoms with van der Waals surface area (Å²) in [6, 6.07) is 0. The molecule has 0 aromatic carbocycles. The highest BCUT2D eigenvalue weighted by Crippen LogP contribution is 2.68. The molecule has 13 heteroatoms. The van der Waals surface area contributed by atoms with E-state index in [0.717, 1.165) is 44.9 Å². The molecule has 6 aliphatic rings. The van der Waals surface area contributed by atoms with Gasteiger partial charge in [0.05, 0.1) is 30.5 Å². The minimum absolute atomic E-state index is 0.0864. The fourth-order valence-corrected chi connectivity index (χ4v) is 10.7. The van der Waals surface area contributed by atoms with Crippen LogP contribution in [0, 0.1) is 28.6 Å². The number of allylic oxidation sites excluding steroid dienone is 1. The Labute approximate surface area is 276 Å². The molecular weight excluding hydrogens is 616 g/mol. The van der Waals surface area contributed by atoms with Crippen molar-refractivity contribution in [1.82, 2.24) is 0 Å². The topological polar surface area (TPSA) is 208 Å². The number of aliphatic hydroxyl groups is 8. The summed E-state index contributed by atoms with van der Waals surface area (Å²) in [5.41, 5.74) is 0.118. The molecule has 4 aliphatic carbocycles. The van der Waals surface area contributed by atoms with E-state index in [2.05, 4.69) is 19.9 Å². The molecule has 18 atom stereocenters. The highest BCUT2D eigenvalue weighted by molar-refractivity contribution is 5.28. The number of fused-ring (bicyclic) bond motifs is 5. The van der Waals surface area contributed by atoms with Gasteiger partial charge in [0.15, 0.2) is 12.4 Å². The third-order valence-electron chi connectivity index (χ3n) is 13.5. The molecule has 0 radical (unpaired) electrons. The van der Waals surface area contributed by atoms with Crippen molar-refractivity contribution >= 4 is 0 Å². The van der Waals surface area contributed by atoms with E-state index in [0.29, 0.717) is 12.3 Å². The summed E-state index contributed by atoms with van der Waals surface area (Å²) in [5.74, 6) is -2.27. The Morgan fingerprint density at radius 2 is 1.68 bits per heavy atom. The van der Waals surface area contributed by atoms with Gasteiger partial charge in [0.2, 0.25) is 0 Å². The van der Waals surface area contributed by atoms with Gasteiger partial charge in [-0.15, -0.1) is 0 Å². The van der Waals surface area contributed by atoms with E-state index in [9.17, 15) is 40.9 Å². The van der Waals surface area contributed by atoms with Crippen molar-refractivity contribution in [2.75, 3.05) is 13.7 Å². The van der Waals surface area contributed by atoms with E-state index in [1.807, 2.05) is 6.92 Å². The van der Waals surface area contributed by atoms with Crippen LogP contribution in [0.2, 0.25) is 0 Å². The summed E-state index contributed by atoms with van der Waals surface area (Å²) in [6.45, 7) is 7.22. The van der Waals surface area contributed by atoms with Crippen LogP contribution in [0.4, 0.5) is 0 Å². The number of methoxy groups -OCH3 is 1. The van der Waals surface area contributed by atoms with Gasteiger partial charge in [-0.3, -0.25) is 0 Å². The van der Waals surface area contributed by atoms with Crippen molar-refractivity contribution in [2.45, 2.75) is 158 Å². The molecule has 5 fully saturated rings. The molecule has 8 N–H and O–H groups in total. The summed E-state index contributed by atoms with van der Waals surface area (Å²) in [7, 11) is 1.35. The van der Waals surface area contributed by atoms with Crippen LogP contribution in [-0.4, -0.2) is 133 Å². The van der Waals surface area contributed by atoms with Gasteiger partial charge in [-0.1, -0.05) is 25.5 Å². The Balaban J connectivity index is 1.13. The zero-order chi connectivity index (χ0) is 34.3. The van der Waals surface area contributed by atoms with Gasteiger partial charge in [0.1, 0.15) is 36.6 Å². The number of ether oxygens (including phenoxy) is 5. The molecule has 0 aromatic rings. The van der Waals surface area contributed by atoms with Crippen LogP contribution >= 0.6 is 0 Å². The fraction of sp³-hybridized carbons (Fsp3) is 0.941. The lowest BCUT2D eigenvalue weighted by Gasteiger charge is -2.61. The molecule has 18 unspecified atom stereocenters. The Bertz CT molecular complexity index is 1170. The van der Waals surface area contributed by atoms with Crippen LogP contribution in [-0.2, 0) is 23.7 Å². The maximum absolute atomic E-state index is 12.3. The van der Waals surface area contributed by atoms with E-state index in [1.54, 1.807) is 6.92 Å². The van der Waals surface area contributed by atoms with Crippen LogP contribution in [0.1, 0.15) is 79.1 Å². The second-order valence-corrected chi connectivity index (χ2v) is 15.7. The van der Waals surface area contributed by atoms with Gasteiger partial charge in [-0.2, -0.15) is 0 Å². The molecule has 270 valence electrons. The SMILES string of the molecule is COC1C(O)C(OC2CCC3(C)C(=CCC4C3CCC3(C)C(C(C)O)CCC43O)C2)OC(C)C1OC1(O)OC(CO)C(O)C(O)C1O. The lowest BCUT2D eigenvalue weighted by atomic mass is 9.45. The van der Waals surface area contributed by atoms with Gasteiger partial charge in [-0.25, -0.2) is 0 Å². The summed E-state index contributed by atoms with van der Waals surface area (Å²) in [6.07, 6.45) is -4.59. The van der Waals surface area contributed by atoms with Crippen LogP contribution in [0.5, 0.6) is 0 Å². The lowest BCUT2D eigenvalue weighted by Crippen LogP contribution is -2.69. The summed E-state index contributed by atoms with van der Waals surface area (Å²) in [5, 5.41) is 85.5. The molecule has 3 saturated carbocycles. The highest BCUT2D eigenvalue weighted by Gasteiger charge is 2.67. The second-order valence-electron chi connectivity index (χ2n) is 15.7. The van der Waals surface area contributed by atoms with Crippen molar-refractivity contribution < 1.29 is 64.5 Å². The number of rotatable bonds is 7. The minimum Gasteiger partial charge on any atom is -0.394 e. The summed E-state index contributed by atoms with van der Waals surface area (Å²) >= 11 is 0. The Kier molecular flexibility index (Phi) is 9.79. The molecule has 0 bridgehead atoms. The first-order chi connectivity index (χ1) is 22.0. The zero-order valence-electron chi connectivity index (χ0n) is 28.1. The van der Waals surface area contributed by atoms with Crippen LogP contribution in [0.25, 0.3) is 0 Å². The predicted molar refractivity (Wildman–Crippen MR) is 164 cm³/mol. The molecule has 13 nitrogen and oxygen atoms in total. The highest BCUT2D eigenvalue weighted by atomic mass is 16.8. The van der Waals surface area contributed by atoms with E-state index in [-0.39, 0.29) is 28.8 Å². The smallest absolute Gasteiger partial charge is 0.311 e. The minimum atomic E-state index is -2.84. The molecule has 6 rings (SSSR count). The molecule has 2 saturated heterocycles. The standard InChI is InChI=1S/C34H56O13/c1-16(36)20-10-13-33(41)22-7-6-18-14-19(8-11-31(18,3)21(22)9-12-32(20,33)4)45-30-26(39)28(43-5)27(17(2)44-30)47-34(42)29(40)25(38)24(37)23(15-35)46-34/h6,16-17,19-30,35-42H,7-15H2,1-5H3. The Hall–Kier alpha value is -0.780. The van der Waals surface area contributed by atoms with Crippen molar-refractivity contribution in [3.8, 4) is 0 Å². The quantitative estimate of drug-likeness (QED) is 0.133. The third kappa shape index (κ3) is 5.56. The molecular formula is C34H56O13. The van der Waals surface area contributed by atoms with Crippen molar-refractivity contribution in [3.63, 3.8) is 0 Å². The van der Waals surface area contributed by atoms with E-state index >= 15 is 0 Å². The Morgan fingerprint density at radius 3 is 2.34 bits per heavy atom. The average molecular weight is 673 g/mol. The molecule has 0 amide bonds. The van der Waals surface area contributed by atoms with Crippen molar-refractivity contribution in [2.24, 2.45) is 28.6 Å². The van der Waals surface area contributed by atoms with Gasteiger partial charge < -0.3 is 64.5 Å². The van der Waals surface area contributed by atoms with Gasteiger partial charge >= 0.3 is 5.97 Å². The van der Waals surface area contributed by atoms with E-state index < -0.39 is 79.4 Å². The van der Waals surface area contributed by atoms with Gasteiger partial charge in [0, 0.05) is 12.5 Å². The first-order valence-electron chi connectivity index (χ1n) is 17.4. The molecule has 0 spiro atoms. The maximum atomic E-state index is 12.3. The Morgan fingerprint density at radius 1 is 0.957 bits per heavy atom. The van der Waals surface area contributed by atoms with Gasteiger partial charge in [-0.05, 0) is 88.4 Å². The molecule has 2 heterocycles. The number of hydrogen-bond donors (Lipinski definition) is 8. The predicted octanol–water partition coefficient (Wildman–Crippen LogP) is 0.0721. The monoisotopic (exact) mass is 672 g/mol. The normalized spacial score (nSPS) is 55.4. The van der Waals surface area contributed by atoms with Crippen LogP contribution in [0.3, 0.4) is 0 Å². The van der Waals surface area contributed by atoms with Crippen molar-refractivity contribution in [1.29, 1.82) is 0 Å². The van der Waals surface area contributed by atoms with Crippen LogP contribution < -0.4 is 0 Å². The number of hydrogen-bond acceptors (Lipinski definition) is 13. The summed E-state index contributed by atoms with van der Waals surface area (Å²) in [4.78, 5) is 0. The molecule has 0 aromatic heterocycles. The van der Waals surface area contributed by atoms with Crippen LogP contribution in [0.15, 0.2) is 11.6 Å².